The number of nitrogens with zero attached hydrogens (tertiary/aromatic N) is 6. The van der Waals surface area contributed by atoms with E-state index in [9.17, 15) is 68.1 Å². The molecule has 8 amide bonds. The summed E-state index contributed by atoms with van der Waals surface area (Å²) in [4.78, 5) is 199. The lowest BCUT2D eigenvalue weighted by Gasteiger charge is -2.41. The molecule has 0 aliphatic carbocycles. The maximum Gasteiger partial charge on any atom is 0.328 e. The first kappa shape index (κ1) is 104. The second-order valence-electron chi connectivity index (χ2n) is 35.9. The highest BCUT2D eigenvalue weighted by Gasteiger charge is 2.65. The smallest absolute Gasteiger partial charge is 0.328 e. The van der Waals surface area contributed by atoms with E-state index in [2.05, 4.69) is 31.3 Å². The van der Waals surface area contributed by atoms with Crippen LogP contribution in [0.4, 0.5) is 5.69 Å². The Morgan fingerprint density at radius 3 is 1.95 bits per heavy atom. The van der Waals surface area contributed by atoms with Crippen molar-refractivity contribution in [3.8, 4) is 11.5 Å². The summed E-state index contributed by atoms with van der Waals surface area (Å²) in [7, 11) is 8.28. The number of phenolic OH excluding ortho intramolecular Hbond substituents is 1. The standard InChI is InChI=1S/C88H131ClN14O21S2/c1-48(2)38-60(79(114)102-35-20-25-61(102)77(112)98-59(24-19-34-95-84(92)93)65(107)44-57(85(7,8)9)76(111)97-58(23-18-33-94-83(90)91)64(106)43-55(81(116)117)40-53-28-30-56(105)31-29-53)99-78(113)62-26-21-36-103(62)80(115)74(96-52(6)104)86(10,11)126-125-37-32-70(108)100(13)51(5)82(118)123-69-45-71(109)101(14)63-41-54(42-66(120-15)73(63)89)39-49(3)22-17-27-68(121-16)88(119)46-67(122-72(110)47-88)50(4)75-87(69,12)124-75/h17,22,27-31,41-42,48,50-51,55,57-62,67-69,74-75,105,119H,18-21,23-26,32-40,43-47H2,1-16H3,(H,96,104)(H,97,111)(H,98,112)(H,99,113)(H,116,117)(H4,90,91,94)(H4,92,93,95)/b27-17+,49-22+/t50-,51+,55-,57-,58+,59+,60+,61+,62+,67+,68-,69+,74-,75+,87+,88-/m1/s1. The number of amides is 8. The average molecular weight is 1820 g/mol. The molecule has 698 valence electrons. The highest BCUT2D eigenvalue weighted by molar-refractivity contribution is 8.77. The summed E-state index contributed by atoms with van der Waals surface area (Å²) >= 11 is 6.91. The third-order valence-electron chi connectivity index (χ3n) is 24.0. The van der Waals surface area contributed by atoms with Gasteiger partial charge in [-0.05, 0) is 152 Å². The van der Waals surface area contributed by atoms with Crippen molar-refractivity contribution in [2.24, 2.45) is 62.0 Å². The van der Waals surface area contributed by atoms with Crippen molar-refractivity contribution >= 4 is 128 Å². The van der Waals surface area contributed by atoms with Gasteiger partial charge in [-0.15, -0.1) is 0 Å². The molecule has 5 aliphatic rings. The van der Waals surface area contributed by atoms with Gasteiger partial charge < -0.3 is 103 Å². The number of nitrogens with one attached hydrogen (secondary N) is 4. The summed E-state index contributed by atoms with van der Waals surface area (Å²) in [5.74, 6) is -11.9. The molecule has 5 aliphatic heterocycles. The topological polar surface area (TPSA) is 522 Å². The van der Waals surface area contributed by atoms with Gasteiger partial charge in [0.15, 0.2) is 23.5 Å². The van der Waals surface area contributed by atoms with Crippen LogP contribution in [0.3, 0.4) is 0 Å². The largest absolute Gasteiger partial charge is 0.508 e. The quantitative estimate of drug-likeness (QED) is 0.00963. The van der Waals surface area contributed by atoms with Gasteiger partial charge in [0, 0.05) is 102 Å². The molecule has 16 atom stereocenters. The maximum absolute atomic E-state index is 15.1. The van der Waals surface area contributed by atoms with Gasteiger partial charge in [0.1, 0.15) is 76.2 Å². The van der Waals surface area contributed by atoms with Crippen molar-refractivity contribution in [3.05, 3.63) is 76.3 Å². The summed E-state index contributed by atoms with van der Waals surface area (Å²) in [5.41, 5.74) is 20.9. The molecule has 5 heterocycles. The number of carbonyl (C=O) groups is 13. The van der Waals surface area contributed by atoms with Crippen LogP contribution in [-0.2, 0) is 94.1 Å². The van der Waals surface area contributed by atoms with Crippen molar-refractivity contribution in [2.45, 2.75) is 275 Å². The summed E-state index contributed by atoms with van der Waals surface area (Å²) < 4.78 is 28.9. The Bertz CT molecular complexity index is 4380. The Balaban J connectivity index is 1.01. The number of carboxylic acid groups (broad SMARTS) is 1. The van der Waals surface area contributed by atoms with Gasteiger partial charge in [-0.1, -0.05) is 111 Å². The highest BCUT2D eigenvalue weighted by Crippen LogP contribution is 2.50. The minimum absolute atomic E-state index is 0.00438. The predicted molar refractivity (Wildman–Crippen MR) is 478 cm³/mol. The number of hydrogen-bond acceptors (Lipinski definition) is 24. The van der Waals surface area contributed by atoms with Crippen LogP contribution < -0.4 is 53.8 Å². The number of aliphatic imine (C=N–C) groups is 2. The third kappa shape index (κ3) is 28.5. The first-order valence-corrected chi connectivity index (χ1v) is 45.6. The van der Waals surface area contributed by atoms with Crippen LogP contribution in [0.1, 0.15) is 191 Å². The second kappa shape index (κ2) is 45.9. The fraction of sp³-hybridized carbons (Fsp3) is 0.648. The molecular formula is C88H131ClN14O21S2. The van der Waals surface area contributed by atoms with Gasteiger partial charge in [-0.2, -0.15) is 0 Å². The number of phenols is 1. The number of carboxylic acids is 1. The molecule has 0 saturated carbocycles. The van der Waals surface area contributed by atoms with Crippen LogP contribution >= 0.6 is 33.2 Å². The monoisotopic (exact) mass is 1820 g/mol. The van der Waals surface area contributed by atoms with Gasteiger partial charge in [0.25, 0.3) is 0 Å². The number of likely N-dealkylation sites (tertiary alicyclic amines) is 2. The van der Waals surface area contributed by atoms with Crippen molar-refractivity contribution in [2.75, 3.05) is 65.1 Å². The molecular weight excluding hydrogens is 1690 g/mol. The number of halogens is 1. The van der Waals surface area contributed by atoms with Crippen molar-refractivity contribution < 1.29 is 101 Å². The zero-order valence-corrected chi connectivity index (χ0v) is 77.7. The van der Waals surface area contributed by atoms with Crippen molar-refractivity contribution in [1.29, 1.82) is 0 Å². The number of rotatable bonds is 39. The number of ether oxygens (including phenoxy) is 5. The number of nitrogens with two attached hydrogens (primary N) is 4. The Hall–Kier alpha value is -9.56. The fourth-order valence-electron chi connectivity index (χ4n) is 16.5. The summed E-state index contributed by atoms with van der Waals surface area (Å²) in [6, 6.07) is 0.965. The van der Waals surface area contributed by atoms with Gasteiger partial charge in [-0.25, -0.2) is 4.79 Å². The third-order valence-corrected chi connectivity index (χ3v) is 27.7. The number of Topliss-reactive ketones (excluding diaryl/α,β-unsaturated/α-hetero) is 2. The van der Waals surface area contributed by atoms with E-state index in [0.29, 0.717) is 36.3 Å². The van der Waals surface area contributed by atoms with E-state index >= 15 is 9.59 Å². The predicted octanol–water partition coefficient (Wildman–Crippen LogP) is 5.64. The van der Waals surface area contributed by atoms with Crippen molar-refractivity contribution in [1.82, 2.24) is 36.0 Å². The number of aliphatic carboxylic acids is 1. The van der Waals surface area contributed by atoms with Gasteiger partial charge in [0.05, 0.1) is 49.7 Å². The highest BCUT2D eigenvalue weighted by atomic mass is 35.5. The van der Waals surface area contributed by atoms with Crippen LogP contribution in [0.15, 0.2) is 70.2 Å². The molecule has 38 heteroatoms. The number of benzene rings is 2. The zero-order valence-electron chi connectivity index (χ0n) is 75.3. The molecule has 0 spiro atoms. The first-order valence-electron chi connectivity index (χ1n) is 42.9. The maximum atomic E-state index is 15.1. The number of epoxide rings is 1. The number of guanidine groups is 2. The molecule has 7 rings (SSSR count). The Kier molecular flexibility index (Phi) is 37.7. The Morgan fingerprint density at radius 2 is 1.40 bits per heavy atom. The van der Waals surface area contributed by atoms with Gasteiger partial charge in [-0.3, -0.25) is 67.5 Å². The molecule has 0 radical (unpaired) electrons. The van der Waals surface area contributed by atoms with Gasteiger partial charge >= 0.3 is 17.9 Å². The van der Waals surface area contributed by atoms with E-state index < -0.39 is 202 Å². The number of allylic oxidation sites excluding steroid dienone is 3. The molecule has 15 N–H and O–H groups in total. The number of aliphatic hydroxyl groups is 1. The molecule has 4 saturated heterocycles. The number of carbonyl (C=O) groups excluding carboxylic acids is 12. The van der Waals surface area contributed by atoms with Crippen LogP contribution in [-0.4, -0.2) is 262 Å². The first-order chi connectivity index (χ1) is 59.0. The fourth-order valence-corrected chi connectivity index (χ4v) is 19.5. The Labute approximate surface area is 750 Å². The molecule has 35 nitrogen and oxygen atoms in total. The average Bonchev–Trinajstić information content (AvgIpc) is 1.57. The van der Waals surface area contributed by atoms with Gasteiger partial charge in [0.2, 0.25) is 47.3 Å². The zero-order chi connectivity index (χ0) is 93.8. The van der Waals surface area contributed by atoms with E-state index in [1.807, 2.05) is 26.8 Å². The van der Waals surface area contributed by atoms with Crippen LogP contribution in [0.2, 0.25) is 5.02 Å². The summed E-state index contributed by atoms with van der Waals surface area (Å²) in [5, 5.41) is 43.8. The van der Waals surface area contributed by atoms with Crippen molar-refractivity contribution in [3.63, 3.8) is 0 Å². The molecule has 0 unspecified atom stereocenters. The number of anilines is 1. The van der Waals surface area contributed by atoms with E-state index in [4.69, 9.17) is 58.2 Å². The Morgan fingerprint density at radius 1 is 0.817 bits per heavy atom. The molecule has 2 aromatic rings. The normalized spacial score (nSPS) is 23.9. The van der Waals surface area contributed by atoms with Crippen LogP contribution in [0, 0.1) is 29.1 Å². The number of likely N-dealkylation sites (N-methyl/N-ethyl adjacent to an activating group) is 1. The number of hydrogen-bond donors (Lipinski definition) is 11. The number of ketones is 2. The summed E-state index contributed by atoms with van der Waals surface area (Å²) in [6.07, 6.45) is 1.35. The molecule has 0 aromatic heterocycles. The minimum Gasteiger partial charge on any atom is -0.508 e. The lowest BCUT2D eigenvalue weighted by molar-refractivity contribution is -0.187. The summed E-state index contributed by atoms with van der Waals surface area (Å²) in [6.45, 7) is 20.7. The number of methoxy groups -OCH3 is 2. The number of esters is 2. The molecule has 2 aromatic carbocycles. The van der Waals surface area contributed by atoms with E-state index in [0.717, 1.165) is 11.1 Å². The van der Waals surface area contributed by atoms with Crippen LogP contribution in [0.5, 0.6) is 11.5 Å². The van der Waals surface area contributed by atoms with E-state index in [1.165, 1.54) is 108 Å². The molecule has 4 fully saturated rings. The SMILES string of the molecule is COc1cc2cc(c1Cl)N(C)C(=O)C[C@H](OC(=O)[C@H](C)N(C)C(=O)CCSSC(C)(C)[C@H](NC(C)=O)C(=O)N1CCC[C@H]1C(=O)N[C@@H](CC(C)C)C(=O)N1CCC[C@H]1C(=O)N[C@@H](CCCN=C(N)N)C(=O)C[C@H](C(=O)N[C@@H](CCCN=C(N)N)C(=O)C[C@@H](Cc1ccc(O)cc1)C(=O)O)C(C)(C)C)[C@]1(C)O[C@H]1[C@H](C)[C@@H]1C[C@@](O)(CC(=O)O1)[C@H](OC)/C=C/C=C(\C)C2. The number of fused-ring (bicyclic) bond motifs is 5. The second-order valence-corrected chi connectivity index (χ2v) is 39.3. The van der Waals surface area contributed by atoms with Crippen LogP contribution in [0.25, 0.3) is 0 Å². The van der Waals surface area contributed by atoms with E-state index in [1.54, 1.807) is 72.8 Å². The molecule has 126 heavy (non-hydrogen) atoms. The molecule has 4 bridgehead atoms. The lowest BCUT2D eigenvalue weighted by atomic mass is 9.76. The minimum atomic E-state index is -1.69. The lowest BCUT2D eigenvalue weighted by Crippen LogP contribution is -2.61. The van der Waals surface area contributed by atoms with E-state index in [-0.39, 0.29) is 131 Å². The number of aromatic hydroxyl groups is 1.